The molecule has 1 aliphatic rings. The number of rotatable bonds is 7. The van der Waals surface area contributed by atoms with Crippen LogP contribution in [0.3, 0.4) is 0 Å². The number of nitrogens with one attached hydrogen (secondary N) is 1. The van der Waals surface area contributed by atoms with Gasteiger partial charge in [0.05, 0.1) is 14.2 Å². The summed E-state index contributed by atoms with van der Waals surface area (Å²) in [5, 5.41) is 2.69. The second kappa shape index (κ2) is 9.69. The Bertz CT molecular complexity index is 954. The summed E-state index contributed by atoms with van der Waals surface area (Å²) in [6.07, 6.45) is 1.82. The van der Waals surface area contributed by atoms with Crippen LogP contribution in [0.1, 0.15) is 12.5 Å². The molecule has 2 aromatic carbocycles. The molecule has 0 saturated carbocycles. The van der Waals surface area contributed by atoms with E-state index in [0.717, 1.165) is 5.56 Å². The van der Waals surface area contributed by atoms with Gasteiger partial charge in [0.25, 0.3) is 5.91 Å². The first-order chi connectivity index (χ1) is 14.5. The van der Waals surface area contributed by atoms with E-state index in [1.54, 1.807) is 49.6 Å². The lowest BCUT2D eigenvalue weighted by Gasteiger charge is -2.19. The van der Waals surface area contributed by atoms with E-state index in [9.17, 15) is 9.59 Å². The number of carbonyl (C=O) groups is 2. The fourth-order valence-electron chi connectivity index (χ4n) is 2.75. The van der Waals surface area contributed by atoms with Crippen LogP contribution in [0.5, 0.6) is 23.0 Å². The minimum atomic E-state index is -0.985. The minimum Gasteiger partial charge on any atom is -0.493 e. The fourth-order valence-corrected chi connectivity index (χ4v) is 2.75. The molecule has 0 spiro atoms. The van der Waals surface area contributed by atoms with E-state index >= 15 is 0 Å². The predicted octanol–water partition coefficient (Wildman–Crippen LogP) is 3.06. The summed E-state index contributed by atoms with van der Waals surface area (Å²) in [6, 6.07) is 10.3. The van der Waals surface area contributed by atoms with Crippen LogP contribution in [0, 0.1) is 0 Å². The maximum atomic E-state index is 12.3. The van der Waals surface area contributed by atoms with Crippen LogP contribution in [0.15, 0.2) is 42.5 Å². The van der Waals surface area contributed by atoms with Crippen molar-refractivity contribution in [3.63, 3.8) is 0 Å². The van der Waals surface area contributed by atoms with E-state index < -0.39 is 18.0 Å². The van der Waals surface area contributed by atoms with Crippen LogP contribution in [0.2, 0.25) is 0 Å². The number of hydrogen-bond donors (Lipinski definition) is 1. The van der Waals surface area contributed by atoms with Crippen molar-refractivity contribution < 1.29 is 33.3 Å². The number of anilines is 1. The Morgan fingerprint density at radius 2 is 1.73 bits per heavy atom. The third-order valence-electron chi connectivity index (χ3n) is 4.29. The lowest BCUT2D eigenvalue weighted by Crippen LogP contribution is -2.29. The molecule has 8 nitrogen and oxygen atoms in total. The van der Waals surface area contributed by atoms with Gasteiger partial charge in [0.1, 0.15) is 13.2 Å². The minimum absolute atomic E-state index is 0.449. The first kappa shape index (κ1) is 21.0. The second-order valence-electron chi connectivity index (χ2n) is 6.37. The molecule has 0 fully saturated rings. The number of esters is 1. The normalized spacial score (nSPS) is 13.4. The van der Waals surface area contributed by atoms with Gasteiger partial charge in [-0.1, -0.05) is 6.07 Å². The molecule has 0 bridgehead atoms. The van der Waals surface area contributed by atoms with Crippen molar-refractivity contribution in [1.29, 1.82) is 0 Å². The summed E-state index contributed by atoms with van der Waals surface area (Å²) >= 11 is 0. The van der Waals surface area contributed by atoms with Gasteiger partial charge < -0.3 is 29.0 Å². The zero-order valence-electron chi connectivity index (χ0n) is 17.0. The number of fused-ring (bicyclic) bond motifs is 1. The summed E-state index contributed by atoms with van der Waals surface area (Å²) in [6.45, 7) is 2.43. The topological polar surface area (TPSA) is 92.3 Å². The van der Waals surface area contributed by atoms with Crippen LogP contribution in [-0.2, 0) is 14.3 Å². The standard InChI is InChI=1S/C22H23NO7/c1-14(22(25)23-16-6-8-18-20(13-16)29-11-10-28-18)30-21(24)9-5-15-4-7-17(26-2)19(12-15)27-3/h4-9,12-14H,10-11H2,1-3H3,(H,23,25)/b9-5+/t14-/m0/s1. The largest absolute Gasteiger partial charge is 0.493 e. The Hall–Kier alpha value is -3.68. The molecule has 1 heterocycles. The number of amides is 1. The van der Waals surface area contributed by atoms with Gasteiger partial charge in [0.15, 0.2) is 29.1 Å². The summed E-state index contributed by atoms with van der Waals surface area (Å²) in [5.41, 5.74) is 1.24. The maximum absolute atomic E-state index is 12.3. The number of ether oxygens (including phenoxy) is 5. The molecule has 1 amide bonds. The number of carbonyl (C=O) groups excluding carboxylic acids is 2. The quantitative estimate of drug-likeness (QED) is 0.551. The predicted molar refractivity (Wildman–Crippen MR) is 110 cm³/mol. The zero-order chi connectivity index (χ0) is 21.5. The Labute approximate surface area is 174 Å². The molecule has 0 aromatic heterocycles. The third kappa shape index (κ3) is 5.22. The highest BCUT2D eigenvalue weighted by atomic mass is 16.6. The smallest absolute Gasteiger partial charge is 0.331 e. The van der Waals surface area contributed by atoms with Gasteiger partial charge in [0, 0.05) is 17.8 Å². The summed E-state index contributed by atoms with van der Waals surface area (Å²) in [7, 11) is 3.07. The molecular formula is C22H23NO7. The Morgan fingerprint density at radius 3 is 2.47 bits per heavy atom. The van der Waals surface area contributed by atoms with Crippen molar-refractivity contribution in [1.82, 2.24) is 0 Å². The van der Waals surface area contributed by atoms with Crippen LogP contribution >= 0.6 is 0 Å². The maximum Gasteiger partial charge on any atom is 0.331 e. The average Bonchev–Trinajstić information content (AvgIpc) is 2.77. The highest BCUT2D eigenvalue weighted by molar-refractivity contribution is 5.96. The average molecular weight is 413 g/mol. The molecule has 3 rings (SSSR count). The molecule has 1 aliphatic heterocycles. The molecular weight excluding hydrogens is 390 g/mol. The number of methoxy groups -OCH3 is 2. The van der Waals surface area contributed by atoms with E-state index in [1.807, 2.05) is 0 Å². The van der Waals surface area contributed by atoms with Crippen LogP contribution < -0.4 is 24.3 Å². The summed E-state index contributed by atoms with van der Waals surface area (Å²) in [4.78, 5) is 24.4. The number of hydrogen-bond acceptors (Lipinski definition) is 7. The highest BCUT2D eigenvalue weighted by Gasteiger charge is 2.18. The molecule has 0 radical (unpaired) electrons. The van der Waals surface area contributed by atoms with Gasteiger partial charge in [-0.3, -0.25) is 4.79 Å². The van der Waals surface area contributed by atoms with Gasteiger partial charge in [-0.15, -0.1) is 0 Å². The third-order valence-corrected chi connectivity index (χ3v) is 4.29. The first-order valence-corrected chi connectivity index (χ1v) is 9.31. The Balaban J connectivity index is 1.56. The Kier molecular flexibility index (Phi) is 6.79. The van der Waals surface area contributed by atoms with E-state index in [1.165, 1.54) is 20.1 Å². The van der Waals surface area contributed by atoms with Gasteiger partial charge in [-0.05, 0) is 42.8 Å². The van der Waals surface area contributed by atoms with E-state index in [4.69, 9.17) is 23.7 Å². The SMILES string of the molecule is COc1ccc(/C=C/C(=O)O[C@@H](C)C(=O)Nc2ccc3c(c2)OCCO3)cc1OC. The van der Waals surface area contributed by atoms with Gasteiger partial charge in [-0.25, -0.2) is 4.79 Å². The molecule has 1 atom stereocenters. The van der Waals surface area contributed by atoms with Crippen molar-refractivity contribution in [3.05, 3.63) is 48.0 Å². The molecule has 0 unspecified atom stereocenters. The fraction of sp³-hybridized carbons (Fsp3) is 0.273. The zero-order valence-corrected chi connectivity index (χ0v) is 17.0. The van der Waals surface area contributed by atoms with Crippen LogP contribution in [-0.4, -0.2) is 45.4 Å². The van der Waals surface area contributed by atoms with Crippen molar-refractivity contribution in [3.8, 4) is 23.0 Å². The van der Waals surface area contributed by atoms with Crippen molar-refractivity contribution in [2.75, 3.05) is 32.8 Å². The molecule has 30 heavy (non-hydrogen) atoms. The molecule has 158 valence electrons. The van der Waals surface area contributed by atoms with Crippen molar-refractivity contribution in [2.24, 2.45) is 0 Å². The number of benzene rings is 2. The molecule has 0 saturated heterocycles. The van der Waals surface area contributed by atoms with Crippen LogP contribution in [0.4, 0.5) is 5.69 Å². The van der Waals surface area contributed by atoms with Crippen LogP contribution in [0.25, 0.3) is 6.08 Å². The molecule has 8 heteroatoms. The summed E-state index contributed by atoms with van der Waals surface area (Å²) in [5.74, 6) is 1.21. The van der Waals surface area contributed by atoms with Crippen molar-refractivity contribution >= 4 is 23.6 Å². The molecule has 2 aromatic rings. The lowest BCUT2D eigenvalue weighted by atomic mass is 10.2. The highest BCUT2D eigenvalue weighted by Crippen LogP contribution is 2.32. The molecule has 1 N–H and O–H groups in total. The second-order valence-corrected chi connectivity index (χ2v) is 6.37. The lowest BCUT2D eigenvalue weighted by molar-refractivity contribution is -0.148. The molecule has 0 aliphatic carbocycles. The van der Waals surface area contributed by atoms with Gasteiger partial charge >= 0.3 is 5.97 Å². The van der Waals surface area contributed by atoms with E-state index in [-0.39, 0.29) is 0 Å². The van der Waals surface area contributed by atoms with Crippen molar-refractivity contribution in [2.45, 2.75) is 13.0 Å². The Morgan fingerprint density at radius 1 is 1.00 bits per heavy atom. The van der Waals surface area contributed by atoms with Gasteiger partial charge in [0.2, 0.25) is 0 Å². The monoisotopic (exact) mass is 413 g/mol. The van der Waals surface area contributed by atoms with E-state index in [2.05, 4.69) is 5.32 Å². The van der Waals surface area contributed by atoms with Gasteiger partial charge in [-0.2, -0.15) is 0 Å². The summed E-state index contributed by atoms with van der Waals surface area (Å²) < 4.78 is 26.5. The first-order valence-electron chi connectivity index (χ1n) is 9.31. The van der Waals surface area contributed by atoms with E-state index in [0.29, 0.717) is 41.9 Å².